The molecule has 0 saturated carbocycles. The third-order valence-corrected chi connectivity index (χ3v) is 3.16. The van der Waals surface area contributed by atoms with E-state index in [1.165, 1.54) is 5.56 Å². The van der Waals surface area contributed by atoms with E-state index in [1.807, 2.05) is 31.2 Å². The van der Waals surface area contributed by atoms with Crippen molar-refractivity contribution in [3.8, 4) is 0 Å². The number of aryl methyl sites for hydroxylation is 1. The third-order valence-electron chi connectivity index (χ3n) is 2.91. The number of rotatable bonds is 6. The second-order valence-corrected chi connectivity index (χ2v) is 5.17. The van der Waals surface area contributed by atoms with Crippen LogP contribution in [0.1, 0.15) is 24.2 Å². The first-order chi connectivity index (χ1) is 10.7. The van der Waals surface area contributed by atoms with E-state index >= 15 is 0 Å². The number of benzene rings is 1. The number of aromatic nitrogens is 2. The van der Waals surface area contributed by atoms with Crippen molar-refractivity contribution in [3.05, 3.63) is 46.6 Å². The summed E-state index contributed by atoms with van der Waals surface area (Å²) in [5.41, 5.74) is 1.22. The molecule has 0 aliphatic carbocycles. The van der Waals surface area contributed by atoms with Crippen LogP contribution >= 0.6 is 35.6 Å². The Morgan fingerprint density at radius 3 is 2.61 bits per heavy atom. The Bertz CT molecular complexity index is 615. The molecular formula is C15H21ClIN5O. The van der Waals surface area contributed by atoms with Gasteiger partial charge in [-0.1, -0.05) is 28.9 Å². The highest BCUT2D eigenvalue weighted by Crippen LogP contribution is 2.09. The molecule has 0 aliphatic heterocycles. The van der Waals surface area contributed by atoms with E-state index < -0.39 is 0 Å². The van der Waals surface area contributed by atoms with Crippen LogP contribution in [-0.4, -0.2) is 29.2 Å². The predicted molar refractivity (Wildman–Crippen MR) is 102 cm³/mol. The van der Waals surface area contributed by atoms with E-state index in [0.29, 0.717) is 18.3 Å². The summed E-state index contributed by atoms with van der Waals surface area (Å²) in [7, 11) is 0. The van der Waals surface area contributed by atoms with Crippen molar-refractivity contribution in [2.24, 2.45) is 4.99 Å². The number of nitrogens with zero attached hydrogens (tertiary/aromatic N) is 3. The normalized spacial score (nSPS) is 11.0. The predicted octanol–water partition coefficient (Wildman–Crippen LogP) is 2.95. The Morgan fingerprint density at radius 1 is 1.26 bits per heavy atom. The number of hydrogen-bond donors (Lipinski definition) is 2. The molecule has 23 heavy (non-hydrogen) atoms. The summed E-state index contributed by atoms with van der Waals surface area (Å²) in [6, 6.07) is 7.84. The van der Waals surface area contributed by atoms with Gasteiger partial charge in [0.15, 0.2) is 11.8 Å². The van der Waals surface area contributed by atoms with Gasteiger partial charge < -0.3 is 15.2 Å². The van der Waals surface area contributed by atoms with Crippen LogP contribution in [0.15, 0.2) is 33.8 Å². The zero-order valence-corrected chi connectivity index (χ0v) is 16.3. The fourth-order valence-corrected chi connectivity index (χ4v) is 1.99. The van der Waals surface area contributed by atoms with Crippen molar-refractivity contribution in [1.82, 2.24) is 20.8 Å². The summed E-state index contributed by atoms with van der Waals surface area (Å²) in [6.07, 6.45) is 0.890. The number of aliphatic imine (C=N–C) groups is 1. The molecule has 1 aromatic carbocycles. The quantitative estimate of drug-likeness (QED) is 0.403. The van der Waals surface area contributed by atoms with E-state index in [9.17, 15) is 0 Å². The summed E-state index contributed by atoms with van der Waals surface area (Å²) in [4.78, 5) is 8.55. The van der Waals surface area contributed by atoms with Gasteiger partial charge in [0.05, 0.1) is 0 Å². The van der Waals surface area contributed by atoms with Crippen molar-refractivity contribution in [3.63, 3.8) is 0 Å². The maximum absolute atomic E-state index is 5.87. The highest BCUT2D eigenvalue weighted by molar-refractivity contribution is 14.0. The standard InChI is InChI=1S/C15H20ClN5O.HI/c1-3-17-15(19-10-14-20-11(2)21-22-14)18-9-8-12-4-6-13(16)7-5-12;/h4-7H,3,8-10H2,1-2H3,(H2,17,18,19);1H. The highest BCUT2D eigenvalue weighted by atomic mass is 127. The van der Waals surface area contributed by atoms with Crippen LogP contribution in [0.3, 0.4) is 0 Å². The van der Waals surface area contributed by atoms with E-state index in [2.05, 4.69) is 25.8 Å². The van der Waals surface area contributed by atoms with Crippen molar-refractivity contribution < 1.29 is 4.52 Å². The average Bonchev–Trinajstić information content (AvgIpc) is 2.92. The third kappa shape index (κ3) is 7.17. The molecule has 126 valence electrons. The molecule has 8 heteroatoms. The van der Waals surface area contributed by atoms with Crippen LogP contribution in [0.4, 0.5) is 0 Å². The molecule has 0 saturated heterocycles. The Balaban J connectivity index is 0.00000264. The van der Waals surface area contributed by atoms with Gasteiger partial charge in [-0.15, -0.1) is 24.0 Å². The number of nitrogens with one attached hydrogen (secondary N) is 2. The van der Waals surface area contributed by atoms with Crippen molar-refractivity contribution in [2.45, 2.75) is 26.8 Å². The smallest absolute Gasteiger partial charge is 0.248 e. The van der Waals surface area contributed by atoms with Crippen molar-refractivity contribution in [2.75, 3.05) is 13.1 Å². The van der Waals surface area contributed by atoms with Crippen LogP contribution in [0, 0.1) is 6.92 Å². The first-order valence-corrected chi connectivity index (χ1v) is 7.61. The zero-order chi connectivity index (χ0) is 15.8. The lowest BCUT2D eigenvalue weighted by atomic mass is 10.1. The molecule has 0 atom stereocenters. The van der Waals surface area contributed by atoms with Crippen LogP contribution in [0.5, 0.6) is 0 Å². The molecule has 0 radical (unpaired) electrons. The highest BCUT2D eigenvalue weighted by Gasteiger charge is 2.03. The van der Waals surface area contributed by atoms with Gasteiger partial charge in [-0.05, 0) is 38.0 Å². The number of hydrogen-bond acceptors (Lipinski definition) is 4. The summed E-state index contributed by atoms with van der Waals surface area (Å²) < 4.78 is 5.04. The Labute approximate surface area is 158 Å². The van der Waals surface area contributed by atoms with E-state index in [0.717, 1.165) is 30.5 Å². The molecule has 6 nitrogen and oxygen atoms in total. The van der Waals surface area contributed by atoms with Gasteiger partial charge in [0.25, 0.3) is 0 Å². The molecular weight excluding hydrogens is 429 g/mol. The summed E-state index contributed by atoms with van der Waals surface area (Å²) in [5, 5.41) is 11.0. The molecule has 0 fully saturated rings. The monoisotopic (exact) mass is 449 g/mol. The van der Waals surface area contributed by atoms with Crippen LogP contribution in [0.25, 0.3) is 0 Å². The second kappa shape index (κ2) is 10.4. The summed E-state index contributed by atoms with van der Waals surface area (Å²) >= 11 is 5.87. The Hall–Kier alpha value is -1.35. The van der Waals surface area contributed by atoms with Gasteiger partial charge in [-0.3, -0.25) is 0 Å². The van der Waals surface area contributed by atoms with Crippen LogP contribution in [-0.2, 0) is 13.0 Å². The first kappa shape index (κ1) is 19.7. The van der Waals surface area contributed by atoms with Crippen molar-refractivity contribution >= 4 is 41.5 Å². The molecule has 0 amide bonds. The van der Waals surface area contributed by atoms with E-state index in [-0.39, 0.29) is 24.0 Å². The fraction of sp³-hybridized carbons (Fsp3) is 0.400. The van der Waals surface area contributed by atoms with Gasteiger partial charge >= 0.3 is 0 Å². The Morgan fingerprint density at radius 2 is 2.00 bits per heavy atom. The maximum Gasteiger partial charge on any atom is 0.248 e. The number of guanidine groups is 1. The minimum atomic E-state index is 0. The lowest BCUT2D eigenvalue weighted by Crippen LogP contribution is -2.38. The maximum atomic E-state index is 5.87. The fourth-order valence-electron chi connectivity index (χ4n) is 1.87. The molecule has 0 bridgehead atoms. The molecule has 0 aliphatic rings. The van der Waals surface area contributed by atoms with Gasteiger partial charge in [-0.2, -0.15) is 4.98 Å². The summed E-state index contributed by atoms with van der Waals surface area (Å²) in [6.45, 7) is 5.72. The van der Waals surface area contributed by atoms with Gasteiger partial charge in [0.2, 0.25) is 5.89 Å². The largest absolute Gasteiger partial charge is 0.357 e. The second-order valence-electron chi connectivity index (χ2n) is 4.73. The number of halogens is 2. The lowest BCUT2D eigenvalue weighted by Gasteiger charge is -2.10. The molecule has 0 unspecified atom stereocenters. The Kier molecular flexibility index (Phi) is 8.93. The molecule has 2 N–H and O–H groups in total. The topological polar surface area (TPSA) is 75.3 Å². The minimum Gasteiger partial charge on any atom is -0.357 e. The van der Waals surface area contributed by atoms with Gasteiger partial charge in [-0.25, -0.2) is 4.99 Å². The SMILES string of the molecule is CCNC(=NCc1nc(C)no1)NCCc1ccc(Cl)cc1.I. The van der Waals surface area contributed by atoms with E-state index in [1.54, 1.807) is 6.92 Å². The van der Waals surface area contributed by atoms with E-state index in [4.69, 9.17) is 16.1 Å². The van der Waals surface area contributed by atoms with Crippen LogP contribution in [0.2, 0.25) is 5.02 Å². The first-order valence-electron chi connectivity index (χ1n) is 7.23. The van der Waals surface area contributed by atoms with Crippen LogP contribution < -0.4 is 10.6 Å². The van der Waals surface area contributed by atoms with Gasteiger partial charge in [0, 0.05) is 18.1 Å². The van der Waals surface area contributed by atoms with Crippen molar-refractivity contribution in [1.29, 1.82) is 0 Å². The molecule has 1 heterocycles. The average molecular weight is 450 g/mol. The molecule has 1 aromatic heterocycles. The molecule has 0 spiro atoms. The zero-order valence-electron chi connectivity index (χ0n) is 13.2. The van der Waals surface area contributed by atoms with Gasteiger partial charge in [0.1, 0.15) is 6.54 Å². The molecule has 2 aromatic rings. The lowest BCUT2D eigenvalue weighted by molar-refractivity contribution is 0.376. The molecule has 2 rings (SSSR count). The summed E-state index contributed by atoms with van der Waals surface area (Å²) in [5.74, 6) is 1.85. The minimum absolute atomic E-state index is 0.